The molecule has 6 nitrogen and oxygen atoms in total. The molecular weight excluding hydrogens is 316 g/mol. The van der Waals surface area contributed by atoms with Crippen molar-refractivity contribution >= 4 is 17.5 Å². The first kappa shape index (κ1) is 16.0. The van der Waals surface area contributed by atoms with Crippen molar-refractivity contribution in [2.24, 2.45) is 0 Å². The number of aliphatic hydroxyl groups is 1. The van der Waals surface area contributed by atoms with Crippen molar-refractivity contribution in [3.8, 4) is 5.69 Å². The SMILES string of the molecule is CC(CCO)NC(=O)c1nc(C2CC2)n(-c2ccccc2Cl)n1. The lowest BCUT2D eigenvalue weighted by Crippen LogP contribution is -2.34. The average Bonchev–Trinajstić information content (AvgIpc) is 3.27. The molecule has 0 bridgehead atoms. The number of aliphatic hydroxyl groups excluding tert-OH is 1. The molecule has 122 valence electrons. The Kier molecular flexibility index (Phi) is 4.63. The Hall–Kier alpha value is -1.92. The van der Waals surface area contributed by atoms with Crippen LogP contribution in [0.25, 0.3) is 5.69 Å². The molecule has 7 heteroatoms. The van der Waals surface area contributed by atoms with Crippen molar-refractivity contribution in [3.63, 3.8) is 0 Å². The maximum Gasteiger partial charge on any atom is 0.291 e. The number of nitrogens with zero attached hydrogens (tertiary/aromatic N) is 3. The van der Waals surface area contributed by atoms with E-state index < -0.39 is 0 Å². The summed E-state index contributed by atoms with van der Waals surface area (Å²) in [5.74, 6) is 0.906. The van der Waals surface area contributed by atoms with E-state index in [0.29, 0.717) is 17.4 Å². The van der Waals surface area contributed by atoms with Crippen molar-refractivity contribution in [1.29, 1.82) is 0 Å². The second kappa shape index (κ2) is 6.68. The van der Waals surface area contributed by atoms with Gasteiger partial charge in [-0.05, 0) is 38.3 Å². The van der Waals surface area contributed by atoms with E-state index in [4.69, 9.17) is 16.7 Å². The number of rotatable bonds is 6. The molecule has 0 aliphatic heterocycles. The van der Waals surface area contributed by atoms with Crippen molar-refractivity contribution in [3.05, 3.63) is 40.9 Å². The van der Waals surface area contributed by atoms with E-state index in [1.54, 1.807) is 10.7 Å². The number of amides is 1. The standard InChI is InChI=1S/C16H19ClN4O2/c1-10(8-9-22)18-16(23)14-19-15(11-6-7-11)21(20-14)13-5-3-2-4-12(13)17/h2-5,10-11,22H,6-9H2,1H3,(H,18,23). The molecule has 1 amide bonds. The minimum Gasteiger partial charge on any atom is -0.396 e. The number of hydrogen-bond acceptors (Lipinski definition) is 4. The van der Waals surface area contributed by atoms with Crippen molar-refractivity contribution in [1.82, 2.24) is 20.1 Å². The summed E-state index contributed by atoms with van der Waals surface area (Å²) < 4.78 is 1.67. The van der Waals surface area contributed by atoms with Crippen LogP contribution < -0.4 is 5.32 Å². The summed E-state index contributed by atoms with van der Waals surface area (Å²) in [6.07, 6.45) is 2.59. The molecule has 0 saturated heterocycles. The Labute approximate surface area is 139 Å². The Bertz CT molecular complexity index is 712. The van der Waals surface area contributed by atoms with Crippen molar-refractivity contribution in [2.75, 3.05) is 6.61 Å². The van der Waals surface area contributed by atoms with Gasteiger partial charge in [0, 0.05) is 18.6 Å². The predicted molar refractivity (Wildman–Crippen MR) is 87.0 cm³/mol. The van der Waals surface area contributed by atoms with Crippen LogP contribution in [-0.2, 0) is 0 Å². The molecule has 2 aromatic rings. The minimum absolute atomic E-state index is 0.0241. The zero-order valence-electron chi connectivity index (χ0n) is 12.9. The smallest absolute Gasteiger partial charge is 0.291 e. The topological polar surface area (TPSA) is 80.0 Å². The van der Waals surface area contributed by atoms with Gasteiger partial charge in [-0.15, -0.1) is 5.10 Å². The molecule has 1 unspecified atom stereocenters. The molecule has 3 rings (SSSR count). The average molecular weight is 335 g/mol. The monoisotopic (exact) mass is 334 g/mol. The van der Waals surface area contributed by atoms with E-state index in [-0.39, 0.29) is 24.4 Å². The molecule has 1 saturated carbocycles. The lowest BCUT2D eigenvalue weighted by atomic mass is 10.2. The van der Waals surface area contributed by atoms with Gasteiger partial charge in [-0.25, -0.2) is 9.67 Å². The first-order valence-electron chi connectivity index (χ1n) is 7.73. The minimum atomic E-state index is -0.335. The van der Waals surface area contributed by atoms with Crippen LogP contribution in [-0.4, -0.2) is 38.4 Å². The van der Waals surface area contributed by atoms with Gasteiger partial charge in [0.2, 0.25) is 5.82 Å². The largest absolute Gasteiger partial charge is 0.396 e. The zero-order chi connectivity index (χ0) is 16.4. The number of para-hydroxylation sites is 1. The van der Waals surface area contributed by atoms with Gasteiger partial charge in [0.05, 0.1) is 10.7 Å². The molecule has 1 atom stereocenters. The highest BCUT2D eigenvalue weighted by Gasteiger charge is 2.32. The van der Waals surface area contributed by atoms with Gasteiger partial charge in [0.1, 0.15) is 5.82 Å². The first-order chi connectivity index (χ1) is 11.1. The molecular formula is C16H19ClN4O2. The number of halogens is 1. The number of carbonyl (C=O) groups excluding carboxylic acids is 1. The summed E-state index contributed by atoms with van der Waals surface area (Å²) in [5.41, 5.74) is 0.728. The van der Waals surface area contributed by atoms with Gasteiger partial charge in [-0.3, -0.25) is 4.79 Å². The van der Waals surface area contributed by atoms with Crippen LogP contribution in [0.3, 0.4) is 0 Å². The Balaban J connectivity index is 1.90. The summed E-state index contributed by atoms with van der Waals surface area (Å²) >= 11 is 6.25. The van der Waals surface area contributed by atoms with E-state index in [2.05, 4.69) is 15.4 Å². The van der Waals surface area contributed by atoms with Gasteiger partial charge in [-0.2, -0.15) is 0 Å². The van der Waals surface area contributed by atoms with Gasteiger partial charge in [0.25, 0.3) is 5.91 Å². The van der Waals surface area contributed by atoms with E-state index in [1.807, 2.05) is 25.1 Å². The summed E-state index contributed by atoms with van der Waals surface area (Å²) in [4.78, 5) is 16.7. The predicted octanol–water partition coefficient (Wildman–Crippen LogP) is 2.30. The van der Waals surface area contributed by atoms with Crippen LogP contribution in [0, 0.1) is 0 Å². The maximum absolute atomic E-state index is 12.3. The van der Waals surface area contributed by atoms with E-state index in [0.717, 1.165) is 24.4 Å². The van der Waals surface area contributed by atoms with Crippen LogP contribution in [0.15, 0.2) is 24.3 Å². The molecule has 1 aliphatic carbocycles. The number of benzene rings is 1. The van der Waals surface area contributed by atoms with E-state index in [1.165, 1.54) is 0 Å². The molecule has 23 heavy (non-hydrogen) atoms. The maximum atomic E-state index is 12.3. The Morgan fingerprint density at radius 2 is 2.22 bits per heavy atom. The highest BCUT2D eigenvalue weighted by Crippen LogP contribution is 2.40. The number of hydrogen-bond donors (Lipinski definition) is 2. The molecule has 1 aliphatic rings. The van der Waals surface area contributed by atoms with Gasteiger partial charge in [0.15, 0.2) is 0 Å². The third kappa shape index (κ3) is 3.54. The summed E-state index contributed by atoms with van der Waals surface area (Å²) in [7, 11) is 0. The Morgan fingerprint density at radius 1 is 1.48 bits per heavy atom. The zero-order valence-corrected chi connectivity index (χ0v) is 13.6. The van der Waals surface area contributed by atoms with Crippen LogP contribution >= 0.6 is 11.6 Å². The fourth-order valence-corrected chi connectivity index (χ4v) is 2.60. The van der Waals surface area contributed by atoms with Gasteiger partial charge >= 0.3 is 0 Å². The normalized spacial score (nSPS) is 15.4. The van der Waals surface area contributed by atoms with Gasteiger partial charge < -0.3 is 10.4 Å². The third-order valence-electron chi connectivity index (χ3n) is 3.80. The highest BCUT2D eigenvalue weighted by atomic mass is 35.5. The second-order valence-electron chi connectivity index (χ2n) is 5.82. The highest BCUT2D eigenvalue weighted by molar-refractivity contribution is 6.32. The lowest BCUT2D eigenvalue weighted by Gasteiger charge is -2.10. The van der Waals surface area contributed by atoms with Crippen LogP contribution in [0.2, 0.25) is 5.02 Å². The summed E-state index contributed by atoms with van der Waals surface area (Å²) in [5, 5.41) is 16.7. The van der Waals surface area contributed by atoms with Crippen LogP contribution in [0.5, 0.6) is 0 Å². The molecule has 1 aromatic heterocycles. The summed E-state index contributed by atoms with van der Waals surface area (Å²) in [6.45, 7) is 1.86. The van der Waals surface area contributed by atoms with Crippen molar-refractivity contribution in [2.45, 2.75) is 38.1 Å². The molecule has 1 fully saturated rings. The molecule has 0 radical (unpaired) electrons. The molecule has 1 heterocycles. The van der Waals surface area contributed by atoms with Crippen LogP contribution in [0.4, 0.5) is 0 Å². The molecule has 0 spiro atoms. The number of carbonyl (C=O) groups is 1. The number of aromatic nitrogens is 3. The fraction of sp³-hybridized carbons (Fsp3) is 0.438. The number of nitrogens with one attached hydrogen (secondary N) is 1. The first-order valence-corrected chi connectivity index (χ1v) is 8.11. The second-order valence-corrected chi connectivity index (χ2v) is 6.23. The van der Waals surface area contributed by atoms with Crippen molar-refractivity contribution < 1.29 is 9.90 Å². The van der Waals surface area contributed by atoms with Crippen LogP contribution in [0.1, 0.15) is 48.5 Å². The quantitative estimate of drug-likeness (QED) is 0.849. The third-order valence-corrected chi connectivity index (χ3v) is 4.12. The van der Waals surface area contributed by atoms with E-state index >= 15 is 0 Å². The Morgan fingerprint density at radius 3 is 2.87 bits per heavy atom. The molecule has 1 aromatic carbocycles. The van der Waals surface area contributed by atoms with Gasteiger partial charge in [-0.1, -0.05) is 23.7 Å². The molecule has 2 N–H and O–H groups in total. The lowest BCUT2D eigenvalue weighted by molar-refractivity contribution is 0.0924. The fourth-order valence-electron chi connectivity index (χ4n) is 2.38. The van der Waals surface area contributed by atoms with E-state index in [9.17, 15) is 4.79 Å². The summed E-state index contributed by atoms with van der Waals surface area (Å²) in [6, 6.07) is 7.24.